The van der Waals surface area contributed by atoms with Crippen molar-refractivity contribution in [2.45, 2.75) is 6.61 Å². The molecule has 0 aliphatic rings. The predicted octanol–water partition coefficient (Wildman–Crippen LogP) is 2.13. The van der Waals surface area contributed by atoms with Crippen molar-refractivity contribution in [3.05, 3.63) is 34.2 Å². The van der Waals surface area contributed by atoms with Crippen molar-refractivity contribution >= 4 is 5.69 Å². The molecule has 1 aromatic rings. The first-order valence-electron chi connectivity index (χ1n) is 4.17. The zero-order valence-electron chi connectivity index (χ0n) is 7.92. The van der Waals surface area contributed by atoms with E-state index < -0.39 is 0 Å². The number of azide groups is 1. The van der Waals surface area contributed by atoms with Crippen molar-refractivity contribution in [2.24, 2.45) is 5.11 Å². The van der Waals surface area contributed by atoms with Gasteiger partial charge in [-0.2, -0.15) is 0 Å². The van der Waals surface area contributed by atoms with Crippen LogP contribution in [0.3, 0.4) is 0 Å². The first-order chi connectivity index (χ1) is 7.31. The average molecular weight is 203 g/mol. The van der Waals surface area contributed by atoms with Crippen molar-refractivity contribution in [1.29, 1.82) is 0 Å². The van der Waals surface area contributed by atoms with Gasteiger partial charge in [0.05, 0.1) is 12.3 Å². The van der Waals surface area contributed by atoms with Crippen LogP contribution in [-0.4, -0.2) is 11.7 Å². The van der Waals surface area contributed by atoms with Crippen LogP contribution in [-0.2, 0) is 6.61 Å². The van der Waals surface area contributed by atoms with E-state index in [1.54, 1.807) is 18.2 Å². The maximum atomic E-state index is 8.89. The Hall–Kier alpha value is -2.15. The number of hydrogen-bond acceptors (Lipinski definition) is 3. The number of benzene rings is 1. The second kappa shape index (κ2) is 5.55. The van der Waals surface area contributed by atoms with Crippen molar-refractivity contribution in [1.82, 2.24) is 0 Å². The van der Waals surface area contributed by atoms with E-state index in [-0.39, 0.29) is 13.2 Å². The topological polar surface area (TPSA) is 78.2 Å². The Morgan fingerprint density at radius 1 is 1.60 bits per heavy atom. The second-order valence-corrected chi connectivity index (χ2v) is 2.64. The molecular formula is C10H9N3O2. The number of terminal acetylenes is 1. The highest BCUT2D eigenvalue weighted by Crippen LogP contribution is 2.28. The molecule has 1 N–H and O–H groups in total. The van der Waals surface area contributed by atoms with Crippen LogP contribution in [0, 0.1) is 12.3 Å². The summed E-state index contributed by atoms with van der Waals surface area (Å²) < 4.78 is 5.16. The Bertz CT molecular complexity index is 431. The molecule has 0 saturated heterocycles. The molecule has 0 aliphatic carbocycles. The third-order valence-electron chi connectivity index (χ3n) is 1.67. The van der Waals surface area contributed by atoms with Gasteiger partial charge >= 0.3 is 0 Å². The third-order valence-corrected chi connectivity index (χ3v) is 1.67. The van der Waals surface area contributed by atoms with Gasteiger partial charge in [-0.15, -0.1) is 6.42 Å². The number of nitrogens with zero attached hydrogens (tertiary/aromatic N) is 3. The first kappa shape index (κ1) is 10.9. The molecule has 0 heterocycles. The highest BCUT2D eigenvalue weighted by molar-refractivity contribution is 5.53. The van der Waals surface area contributed by atoms with Crippen LogP contribution in [0.15, 0.2) is 23.3 Å². The van der Waals surface area contributed by atoms with E-state index in [2.05, 4.69) is 15.9 Å². The van der Waals surface area contributed by atoms with Crippen molar-refractivity contribution < 1.29 is 9.84 Å². The van der Waals surface area contributed by atoms with E-state index in [1.165, 1.54) is 0 Å². The van der Waals surface area contributed by atoms with Gasteiger partial charge in [-0.3, -0.25) is 0 Å². The van der Waals surface area contributed by atoms with Gasteiger partial charge in [0, 0.05) is 4.91 Å². The number of aliphatic hydroxyl groups excluding tert-OH is 1. The molecule has 15 heavy (non-hydrogen) atoms. The normalized spacial score (nSPS) is 8.80. The molecule has 0 spiro atoms. The SMILES string of the molecule is C#CCOc1ccc(CO)cc1N=[N+]=[N-]. The Labute approximate surface area is 86.9 Å². The lowest BCUT2D eigenvalue weighted by Gasteiger charge is -2.06. The number of rotatable bonds is 4. The number of hydrogen-bond donors (Lipinski definition) is 1. The standard InChI is InChI=1S/C10H9N3O2/c1-2-5-15-10-4-3-8(7-14)6-9(10)12-13-11/h1,3-4,6,14H,5,7H2. The van der Waals surface area contributed by atoms with E-state index >= 15 is 0 Å². The molecule has 0 bridgehead atoms. The maximum absolute atomic E-state index is 8.89. The van der Waals surface area contributed by atoms with Gasteiger partial charge in [0.1, 0.15) is 12.4 Å². The summed E-state index contributed by atoms with van der Waals surface area (Å²) in [6, 6.07) is 4.82. The predicted molar refractivity (Wildman–Crippen MR) is 55.5 cm³/mol. The summed E-state index contributed by atoms with van der Waals surface area (Å²) in [5.74, 6) is 2.71. The average Bonchev–Trinajstić information content (AvgIpc) is 2.27. The van der Waals surface area contributed by atoms with Gasteiger partial charge in [0.15, 0.2) is 0 Å². The lowest BCUT2D eigenvalue weighted by Crippen LogP contribution is -1.94. The fourth-order valence-corrected chi connectivity index (χ4v) is 1.03. The molecule has 5 heteroatoms. The smallest absolute Gasteiger partial charge is 0.148 e. The zero-order chi connectivity index (χ0) is 11.1. The van der Waals surface area contributed by atoms with Gasteiger partial charge in [-0.1, -0.05) is 17.1 Å². The van der Waals surface area contributed by atoms with Crippen LogP contribution in [0.25, 0.3) is 10.4 Å². The maximum Gasteiger partial charge on any atom is 0.148 e. The highest BCUT2D eigenvalue weighted by Gasteiger charge is 2.02. The molecule has 76 valence electrons. The summed E-state index contributed by atoms with van der Waals surface area (Å²) >= 11 is 0. The van der Waals surface area contributed by atoms with Crippen LogP contribution in [0.2, 0.25) is 0 Å². The Balaban J connectivity index is 3.04. The molecule has 0 fully saturated rings. The minimum Gasteiger partial charge on any atom is -0.480 e. The molecule has 1 aromatic carbocycles. The molecule has 0 aliphatic heterocycles. The molecule has 0 amide bonds. The summed E-state index contributed by atoms with van der Waals surface area (Å²) in [7, 11) is 0. The summed E-state index contributed by atoms with van der Waals surface area (Å²) in [6.45, 7) is -0.0181. The van der Waals surface area contributed by atoms with Gasteiger partial charge in [0.2, 0.25) is 0 Å². The second-order valence-electron chi connectivity index (χ2n) is 2.64. The fourth-order valence-electron chi connectivity index (χ4n) is 1.03. The van der Waals surface area contributed by atoms with E-state index in [1.807, 2.05) is 0 Å². The minimum absolute atomic E-state index is 0.104. The van der Waals surface area contributed by atoms with Crippen LogP contribution in [0.1, 0.15) is 5.56 Å². The number of ether oxygens (including phenoxy) is 1. The minimum atomic E-state index is -0.122. The molecule has 1 rings (SSSR count). The first-order valence-corrected chi connectivity index (χ1v) is 4.17. The van der Waals surface area contributed by atoms with Gasteiger partial charge in [0.25, 0.3) is 0 Å². The Morgan fingerprint density at radius 3 is 3.00 bits per heavy atom. The van der Waals surface area contributed by atoms with E-state index in [0.29, 0.717) is 17.0 Å². The molecular weight excluding hydrogens is 194 g/mol. The van der Waals surface area contributed by atoms with Gasteiger partial charge in [-0.25, -0.2) is 0 Å². The van der Waals surface area contributed by atoms with Crippen molar-refractivity contribution in [2.75, 3.05) is 6.61 Å². The van der Waals surface area contributed by atoms with Crippen LogP contribution in [0.5, 0.6) is 5.75 Å². The Kier molecular flexibility index (Phi) is 4.05. The largest absolute Gasteiger partial charge is 0.480 e. The fraction of sp³-hybridized carbons (Fsp3) is 0.200. The van der Waals surface area contributed by atoms with E-state index in [4.69, 9.17) is 21.8 Å². The monoisotopic (exact) mass is 203 g/mol. The molecule has 0 unspecified atom stereocenters. The highest BCUT2D eigenvalue weighted by atomic mass is 16.5. The molecule has 0 saturated carbocycles. The van der Waals surface area contributed by atoms with Crippen LogP contribution < -0.4 is 4.74 Å². The van der Waals surface area contributed by atoms with Gasteiger partial charge in [-0.05, 0) is 23.2 Å². The lowest BCUT2D eigenvalue weighted by atomic mass is 10.2. The van der Waals surface area contributed by atoms with Crippen LogP contribution >= 0.6 is 0 Å². The van der Waals surface area contributed by atoms with Crippen molar-refractivity contribution in [3.63, 3.8) is 0 Å². The van der Waals surface area contributed by atoms with E-state index in [9.17, 15) is 0 Å². The van der Waals surface area contributed by atoms with Crippen LogP contribution in [0.4, 0.5) is 5.69 Å². The summed E-state index contributed by atoms with van der Waals surface area (Å²) in [5, 5.41) is 12.3. The third kappa shape index (κ3) is 2.92. The summed E-state index contributed by atoms with van der Waals surface area (Å²) in [4.78, 5) is 2.66. The van der Waals surface area contributed by atoms with Crippen molar-refractivity contribution in [3.8, 4) is 18.1 Å². The Morgan fingerprint density at radius 2 is 2.40 bits per heavy atom. The zero-order valence-corrected chi connectivity index (χ0v) is 7.92. The quantitative estimate of drug-likeness (QED) is 0.352. The summed E-state index contributed by atoms with van der Waals surface area (Å²) in [6.07, 6.45) is 5.04. The molecule has 0 atom stereocenters. The number of aliphatic hydroxyl groups is 1. The van der Waals surface area contributed by atoms with Gasteiger partial charge < -0.3 is 9.84 Å². The lowest BCUT2D eigenvalue weighted by molar-refractivity contribution is 0.281. The summed E-state index contributed by atoms with van der Waals surface area (Å²) in [5.41, 5.74) is 9.30. The molecule has 0 radical (unpaired) electrons. The molecule has 5 nitrogen and oxygen atoms in total. The van der Waals surface area contributed by atoms with E-state index in [0.717, 1.165) is 0 Å². The molecule has 0 aromatic heterocycles.